The first-order valence-corrected chi connectivity index (χ1v) is 9.16. The van der Waals surface area contributed by atoms with Crippen LogP contribution in [0.15, 0.2) is 12.1 Å². The predicted molar refractivity (Wildman–Crippen MR) is 94.2 cm³/mol. The van der Waals surface area contributed by atoms with Crippen molar-refractivity contribution in [2.24, 2.45) is 0 Å². The molecule has 1 atom stereocenters. The van der Waals surface area contributed by atoms with Gasteiger partial charge < -0.3 is 9.47 Å². The van der Waals surface area contributed by atoms with Crippen LogP contribution in [0.1, 0.15) is 63.3 Å². The molecule has 0 aliphatic rings. The van der Waals surface area contributed by atoms with Crippen LogP contribution in [0.25, 0.3) is 0 Å². The van der Waals surface area contributed by atoms with Gasteiger partial charge in [-0.15, -0.1) is 0 Å². The van der Waals surface area contributed by atoms with Crippen molar-refractivity contribution < 1.29 is 9.47 Å². The largest absolute Gasteiger partial charge is 0.490 e. The van der Waals surface area contributed by atoms with Gasteiger partial charge in [-0.25, -0.2) is 0 Å². The number of alkyl halides is 1. The highest BCUT2D eigenvalue weighted by molar-refractivity contribution is 9.09. The van der Waals surface area contributed by atoms with E-state index in [0.29, 0.717) is 13.2 Å². The number of unbranched alkanes of at least 4 members (excludes halogenated alkanes) is 3. The molecule has 0 saturated heterocycles. The first kappa shape index (κ1) is 18.6. The van der Waals surface area contributed by atoms with Crippen LogP contribution in [0.4, 0.5) is 0 Å². The fourth-order valence-corrected chi connectivity index (χ4v) is 3.35. The third-order valence-corrected chi connectivity index (χ3v) is 4.59. The number of rotatable bonds is 10. The van der Waals surface area contributed by atoms with Crippen molar-refractivity contribution in [3.63, 3.8) is 0 Å². The second kappa shape index (κ2) is 10.3. The molecule has 0 bridgehead atoms. The van der Waals surface area contributed by atoms with Crippen LogP contribution in [0, 0.1) is 0 Å². The summed E-state index contributed by atoms with van der Waals surface area (Å²) in [4.78, 5) is 0.261. The number of ether oxygens (including phenoxy) is 2. The van der Waals surface area contributed by atoms with E-state index < -0.39 is 0 Å². The lowest BCUT2D eigenvalue weighted by Crippen LogP contribution is -2.01. The van der Waals surface area contributed by atoms with Gasteiger partial charge in [-0.05, 0) is 31.9 Å². The normalized spacial score (nSPS) is 12.2. The van der Waals surface area contributed by atoms with E-state index >= 15 is 0 Å². The van der Waals surface area contributed by atoms with E-state index in [1.165, 1.54) is 25.7 Å². The molecule has 0 aliphatic heterocycles. The molecule has 1 unspecified atom stereocenters. The molecule has 21 heavy (non-hydrogen) atoms. The molecule has 120 valence electrons. The molecule has 0 spiro atoms. The van der Waals surface area contributed by atoms with Crippen molar-refractivity contribution >= 4 is 27.5 Å². The fraction of sp³-hybridized carbons (Fsp3) is 0.647. The summed E-state index contributed by atoms with van der Waals surface area (Å²) in [6.45, 7) is 7.37. The van der Waals surface area contributed by atoms with Crippen molar-refractivity contribution in [2.75, 3.05) is 13.2 Å². The standard InChI is InChI=1S/C17H26BrClO2/c1-4-7-8-9-10-14(18)13-11-16(20-5-2)17(21-6-3)12-15(13)19/h11-12,14H,4-10H2,1-3H3. The molecule has 2 nitrogen and oxygen atoms in total. The molecule has 1 aromatic carbocycles. The molecule has 0 heterocycles. The molecule has 0 N–H and O–H groups in total. The van der Waals surface area contributed by atoms with Gasteiger partial charge in [-0.2, -0.15) is 0 Å². The monoisotopic (exact) mass is 376 g/mol. The molecule has 1 rings (SSSR count). The first-order valence-electron chi connectivity index (χ1n) is 7.87. The molecule has 0 fully saturated rings. The molecular weight excluding hydrogens is 352 g/mol. The highest BCUT2D eigenvalue weighted by Crippen LogP contribution is 2.40. The Balaban J connectivity index is 2.82. The summed E-state index contributed by atoms with van der Waals surface area (Å²) in [5.74, 6) is 1.50. The maximum absolute atomic E-state index is 6.41. The summed E-state index contributed by atoms with van der Waals surface area (Å²) in [5.41, 5.74) is 1.08. The Hall–Kier alpha value is -0.410. The summed E-state index contributed by atoms with van der Waals surface area (Å²) in [7, 11) is 0. The minimum Gasteiger partial charge on any atom is -0.490 e. The third-order valence-electron chi connectivity index (χ3n) is 3.31. The zero-order valence-electron chi connectivity index (χ0n) is 13.3. The Labute approximate surface area is 142 Å². The second-order valence-electron chi connectivity index (χ2n) is 5.00. The highest BCUT2D eigenvalue weighted by atomic mass is 79.9. The lowest BCUT2D eigenvalue weighted by molar-refractivity contribution is 0.287. The average Bonchev–Trinajstić information content (AvgIpc) is 2.46. The van der Waals surface area contributed by atoms with Crippen LogP contribution in [0.2, 0.25) is 5.02 Å². The summed E-state index contributed by atoms with van der Waals surface area (Å²) >= 11 is 10.2. The number of hydrogen-bond donors (Lipinski definition) is 0. The molecule has 0 aliphatic carbocycles. The molecule has 4 heteroatoms. The minimum atomic E-state index is 0.261. The van der Waals surface area contributed by atoms with Gasteiger partial charge in [0.2, 0.25) is 0 Å². The third kappa shape index (κ3) is 6.07. The van der Waals surface area contributed by atoms with Crippen molar-refractivity contribution in [2.45, 2.75) is 57.7 Å². The summed E-state index contributed by atoms with van der Waals surface area (Å²) < 4.78 is 11.3. The lowest BCUT2D eigenvalue weighted by atomic mass is 10.0. The topological polar surface area (TPSA) is 18.5 Å². The molecule has 0 aromatic heterocycles. The number of hydrogen-bond acceptors (Lipinski definition) is 2. The van der Waals surface area contributed by atoms with Crippen LogP contribution in [0.3, 0.4) is 0 Å². The van der Waals surface area contributed by atoms with Gasteiger partial charge in [-0.1, -0.05) is 60.1 Å². The van der Waals surface area contributed by atoms with E-state index in [1.807, 2.05) is 26.0 Å². The van der Waals surface area contributed by atoms with Gasteiger partial charge in [0.05, 0.1) is 13.2 Å². The van der Waals surface area contributed by atoms with Crippen LogP contribution in [0.5, 0.6) is 11.5 Å². The quantitative estimate of drug-likeness (QED) is 0.340. The van der Waals surface area contributed by atoms with Gasteiger partial charge in [0.1, 0.15) is 0 Å². The molecule has 0 amide bonds. The fourth-order valence-electron chi connectivity index (χ4n) is 2.23. The van der Waals surface area contributed by atoms with Gasteiger partial charge >= 0.3 is 0 Å². The SMILES string of the molecule is CCCCCCC(Br)c1cc(OCC)c(OCC)cc1Cl. The Morgan fingerprint density at radius 1 is 1.00 bits per heavy atom. The zero-order chi connectivity index (χ0) is 15.7. The Morgan fingerprint density at radius 2 is 1.62 bits per heavy atom. The number of benzene rings is 1. The smallest absolute Gasteiger partial charge is 0.162 e. The van der Waals surface area contributed by atoms with Gasteiger partial charge in [-0.3, -0.25) is 0 Å². The van der Waals surface area contributed by atoms with E-state index in [2.05, 4.69) is 22.9 Å². The van der Waals surface area contributed by atoms with Crippen molar-refractivity contribution in [3.05, 3.63) is 22.7 Å². The number of halogens is 2. The van der Waals surface area contributed by atoms with E-state index in [1.54, 1.807) is 0 Å². The van der Waals surface area contributed by atoms with Crippen LogP contribution in [-0.4, -0.2) is 13.2 Å². The highest BCUT2D eigenvalue weighted by Gasteiger charge is 2.16. The Kier molecular flexibility index (Phi) is 9.18. The first-order chi connectivity index (χ1) is 10.1. The van der Waals surface area contributed by atoms with Crippen LogP contribution >= 0.6 is 27.5 Å². The minimum absolute atomic E-state index is 0.261. The lowest BCUT2D eigenvalue weighted by Gasteiger charge is -2.17. The summed E-state index contributed by atoms with van der Waals surface area (Å²) in [6, 6.07) is 3.88. The van der Waals surface area contributed by atoms with Gasteiger partial charge in [0.25, 0.3) is 0 Å². The molecular formula is C17H26BrClO2. The van der Waals surface area contributed by atoms with Crippen LogP contribution in [-0.2, 0) is 0 Å². The maximum atomic E-state index is 6.41. The molecule has 0 saturated carbocycles. The summed E-state index contributed by atoms with van der Waals surface area (Å²) in [6.07, 6.45) is 6.11. The molecule has 0 radical (unpaired) electrons. The van der Waals surface area contributed by atoms with E-state index in [-0.39, 0.29) is 4.83 Å². The Bertz CT molecular complexity index is 423. The predicted octanol–water partition coefficient (Wildman–Crippen LogP) is 6.54. The molecule has 1 aromatic rings. The average molecular weight is 378 g/mol. The van der Waals surface area contributed by atoms with E-state index in [4.69, 9.17) is 21.1 Å². The Morgan fingerprint density at radius 3 is 2.19 bits per heavy atom. The zero-order valence-corrected chi connectivity index (χ0v) is 15.6. The van der Waals surface area contributed by atoms with Gasteiger partial charge in [0, 0.05) is 15.9 Å². The van der Waals surface area contributed by atoms with E-state index in [9.17, 15) is 0 Å². The summed E-state index contributed by atoms with van der Waals surface area (Å²) in [5, 5.41) is 0.735. The van der Waals surface area contributed by atoms with Crippen molar-refractivity contribution in [1.29, 1.82) is 0 Å². The van der Waals surface area contributed by atoms with Crippen molar-refractivity contribution in [1.82, 2.24) is 0 Å². The van der Waals surface area contributed by atoms with Gasteiger partial charge in [0.15, 0.2) is 11.5 Å². The van der Waals surface area contributed by atoms with E-state index in [0.717, 1.165) is 28.5 Å². The van der Waals surface area contributed by atoms with Crippen LogP contribution < -0.4 is 9.47 Å². The second-order valence-corrected chi connectivity index (χ2v) is 6.52. The van der Waals surface area contributed by atoms with Crippen molar-refractivity contribution in [3.8, 4) is 11.5 Å². The maximum Gasteiger partial charge on any atom is 0.162 e.